The lowest BCUT2D eigenvalue weighted by Crippen LogP contribution is -2.24. The largest absolute Gasteiger partial charge is 0.350 e. The molecule has 124 valence electrons. The first-order valence-electron chi connectivity index (χ1n) is 8.02. The van der Waals surface area contributed by atoms with Gasteiger partial charge in [-0.15, -0.1) is 11.3 Å². The van der Waals surface area contributed by atoms with Crippen LogP contribution in [0.3, 0.4) is 0 Å². The Balaban J connectivity index is 1.82. The van der Waals surface area contributed by atoms with Gasteiger partial charge in [0.1, 0.15) is 5.69 Å². The minimum absolute atomic E-state index is 0.129. The lowest BCUT2D eigenvalue weighted by atomic mass is 10.1. The highest BCUT2D eigenvalue weighted by atomic mass is 32.1. The van der Waals surface area contributed by atoms with Crippen molar-refractivity contribution in [3.63, 3.8) is 0 Å². The van der Waals surface area contributed by atoms with Gasteiger partial charge in [-0.2, -0.15) is 5.10 Å². The Hall–Kier alpha value is -2.99. The maximum absolute atomic E-state index is 12.7. The number of benzene rings is 1. The van der Waals surface area contributed by atoms with Gasteiger partial charge < -0.3 is 5.32 Å². The summed E-state index contributed by atoms with van der Waals surface area (Å²) in [6.45, 7) is 2.43. The lowest BCUT2D eigenvalue weighted by Gasteiger charge is -2.11. The molecule has 1 N–H and O–H groups in total. The van der Waals surface area contributed by atoms with E-state index in [4.69, 9.17) is 0 Å². The second-order valence-electron chi connectivity index (χ2n) is 5.58. The molecule has 3 heterocycles. The number of fused-ring (bicyclic) bond motifs is 1. The summed E-state index contributed by atoms with van der Waals surface area (Å²) >= 11 is 1.60. The van der Waals surface area contributed by atoms with Crippen LogP contribution in [0.5, 0.6) is 0 Å². The van der Waals surface area contributed by atoms with Crippen LogP contribution in [0.4, 0.5) is 11.4 Å². The van der Waals surface area contributed by atoms with E-state index in [1.165, 1.54) is 4.68 Å². The van der Waals surface area contributed by atoms with E-state index in [9.17, 15) is 4.79 Å². The molecule has 0 unspecified atom stereocenters. The zero-order valence-corrected chi connectivity index (χ0v) is 14.5. The number of aryl methyl sites for hydroxylation is 1. The Labute approximate surface area is 148 Å². The van der Waals surface area contributed by atoms with Gasteiger partial charge >= 0.3 is 0 Å². The predicted molar refractivity (Wildman–Crippen MR) is 103 cm³/mol. The van der Waals surface area contributed by atoms with Crippen molar-refractivity contribution in [2.45, 2.75) is 13.5 Å². The summed E-state index contributed by atoms with van der Waals surface area (Å²) < 4.78 is 2.57. The van der Waals surface area contributed by atoms with Gasteiger partial charge in [-0.05, 0) is 19.1 Å². The minimum Gasteiger partial charge on any atom is -0.350 e. The summed E-state index contributed by atoms with van der Waals surface area (Å²) in [5.74, 6) is 0. The molecule has 3 aromatic heterocycles. The van der Waals surface area contributed by atoms with Crippen molar-refractivity contribution in [1.82, 2.24) is 14.8 Å². The molecule has 0 aliphatic heterocycles. The Kier molecular flexibility index (Phi) is 4.03. The van der Waals surface area contributed by atoms with Gasteiger partial charge in [-0.1, -0.05) is 30.3 Å². The molecule has 0 spiro atoms. The second-order valence-corrected chi connectivity index (χ2v) is 6.49. The summed E-state index contributed by atoms with van der Waals surface area (Å²) in [4.78, 5) is 16.8. The molecule has 0 fully saturated rings. The van der Waals surface area contributed by atoms with E-state index in [-0.39, 0.29) is 5.56 Å². The number of nitrogens with zero attached hydrogens (tertiary/aromatic N) is 3. The molecule has 0 saturated carbocycles. The lowest BCUT2D eigenvalue weighted by molar-refractivity contribution is 0.621. The van der Waals surface area contributed by atoms with Gasteiger partial charge in [0.2, 0.25) is 0 Å². The van der Waals surface area contributed by atoms with Crippen LogP contribution in [0, 0.1) is 0 Å². The van der Waals surface area contributed by atoms with Crippen LogP contribution in [0.15, 0.2) is 65.0 Å². The van der Waals surface area contributed by atoms with Crippen molar-refractivity contribution < 1.29 is 0 Å². The fourth-order valence-electron chi connectivity index (χ4n) is 2.72. The van der Waals surface area contributed by atoms with Crippen LogP contribution >= 0.6 is 11.3 Å². The third-order valence-corrected chi connectivity index (χ3v) is 4.92. The van der Waals surface area contributed by atoms with Gasteiger partial charge in [0.25, 0.3) is 5.56 Å². The normalized spacial score (nSPS) is 10.9. The Morgan fingerprint density at radius 2 is 2.00 bits per heavy atom. The highest BCUT2D eigenvalue weighted by Crippen LogP contribution is 2.31. The molecule has 0 aliphatic rings. The Bertz CT molecular complexity index is 1090. The monoisotopic (exact) mass is 348 g/mol. The minimum atomic E-state index is -0.129. The maximum Gasteiger partial charge on any atom is 0.290 e. The number of aromatic nitrogens is 3. The molecule has 5 nitrogen and oxygen atoms in total. The molecule has 0 saturated heterocycles. The maximum atomic E-state index is 12.7. The summed E-state index contributed by atoms with van der Waals surface area (Å²) in [6, 6.07) is 13.6. The van der Waals surface area contributed by atoms with Crippen LogP contribution < -0.4 is 10.9 Å². The van der Waals surface area contributed by atoms with Gasteiger partial charge in [0, 0.05) is 35.3 Å². The number of rotatable bonds is 4. The molecular weight excluding hydrogens is 332 g/mol. The molecular formula is C19H16N4OS. The summed E-state index contributed by atoms with van der Waals surface area (Å²) in [6.07, 6.45) is 3.59. The average molecular weight is 348 g/mol. The van der Waals surface area contributed by atoms with Gasteiger partial charge in [-0.25, -0.2) is 4.68 Å². The van der Waals surface area contributed by atoms with Crippen molar-refractivity contribution in [3.05, 3.63) is 70.6 Å². The zero-order chi connectivity index (χ0) is 17.2. The van der Waals surface area contributed by atoms with E-state index in [2.05, 4.69) is 15.4 Å². The van der Waals surface area contributed by atoms with Crippen LogP contribution in [-0.4, -0.2) is 14.8 Å². The number of hydrogen-bond donors (Lipinski definition) is 1. The van der Waals surface area contributed by atoms with Crippen molar-refractivity contribution in [1.29, 1.82) is 0 Å². The number of thiophene rings is 1. The first kappa shape index (κ1) is 15.5. The van der Waals surface area contributed by atoms with Crippen molar-refractivity contribution in [2.75, 3.05) is 5.32 Å². The van der Waals surface area contributed by atoms with Gasteiger partial charge in [-0.3, -0.25) is 9.78 Å². The quantitative estimate of drug-likeness (QED) is 0.598. The summed E-state index contributed by atoms with van der Waals surface area (Å²) in [5, 5.41) is 10.8. The molecule has 0 aliphatic carbocycles. The number of nitrogens with one attached hydrogen (secondary N) is 1. The number of hydrogen-bond acceptors (Lipinski definition) is 5. The van der Waals surface area contributed by atoms with E-state index < -0.39 is 0 Å². The molecule has 0 amide bonds. The first-order chi connectivity index (χ1) is 12.3. The fraction of sp³-hybridized carbons (Fsp3) is 0.105. The fourth-order valence-corrected chi connectivity index (χ4v) is 3.58. The van der Waals surface area contributed by atoms with E-state index >= 15 is 0 Å². The van der Waals surface area contributed by atoms with Crippen LogP contribution in [-0.2, 0) is 6.54 Å². The molecule has 0 radical (unpaired) electrons. The standard InChI is InChI=1S/C19H16N4OS/c1-2-23-19(24)16(10-15(22-23)13-6-4-3-5-7-13)21-17-12-25-18-11-20-9-8-14(17)18/h3-12,21H,2H2,1H3. The van der Waals surface area contributed by atoms with Crippen LogP contribution in [0.25, 0.3) is 21.3 Å². The second kappa shape index (κ2) is 6.49. The van der Waals surface area contributed by atoms with E-state index in [0.29, 0.717) is 12.2 Å². The smallest absolute Gasteiger partial charge is 0.290 e. The van der Waals surface area contributed by atoms with Crippen LogP contribution in [0.2, 0.25) is 0 Å². The molecule has 6 heteroatoms. The van der Waals surface area contributed by atoms with E-state index in [0.717, 1.165) is 27.0 Å². The van der Waals surface area contributed by atoms with E-state index in [1.807, 2.05) is 61.0 Å². The molecule has 1 aromatic carbocycles. The summed E-state index contributed by atoms with van der Waals surface area (Å²) in [5.41, 5.74) is 3.05. The zero-order valence-electron chi connectivity index (χ0n) is 13.6. The third-order valence-electron chi connectivity index (χ3n) is 3.99. The molecule has 0 bridgehead atoms. The van der Waals surface area contributed by atoms with Crippen LogP contribution in [0.1, 0.15) is 6.92 Å². The Morgan fingerprint density at radius 3 is 2.80 bits per heavy atom. The highest BCUT2D eigenvalue weighted by Gasteiger charge is 2.11. The molecule has 4 rings (SSSR count). The summed E-state index contributed by atoms with van der Waals surface area (Å²) in [7, 11) is 0. The first-order valence-corrected chi connectivity index (χ1v) is 8.90. The highest BCUT2D eigenvalue weighted by molar-refractivity contribution is 7.17. The Morgan fingerprint density at radius 1 is 1.16 bits per heavy atom. The number of anilines is 2. The van der Waals surface area contributed by atoms with Gasteiger partial charge in [0.15, 0.2) is 0 Å². The average Bonchev–Trinajstić information content (AvgIpc) is 3.07. The SMILES string of the molecule is CCn1nc(-c2ccccc2)cc(Nc2csc3cnccc23)c1=O. The third kappa shape index (κ3) is 2.92. The van der Waals surface area contributed by atoms with Crippen molar-refractivity contribution in [2.24, 2.45) is 0 Å². The number of pyridine rings is 1. The van der Waals surface area contributed by atoms with Crippen molar-refractivity contribution in [3.8, 4) is 11.3 Å². The van der Waals surface area contributed by atoms with Gasteiger partial charge in [0.05, 0.1) is 16.1 Å². The predicted octanol–water partition coefficient (Wildman–Crippen LogP) is 4.28. The molecule has 25 heavy (non-hydrogen) atoms. The molecule has 4 aromatic rings. The topological polar surface area (TPSA) is 59.8 Å². The van der Waals surface area contributed by atoms with Crippen molar-refractivity contribution >= 4 is 32.8 Å². The molecule has 0 atom stereocenters. The van der Waals surface area contributed by atoms with E-state index in [1.54, 1.807) is 17.5 Å².